The highest BCUT2D eigenvalue weighted by molar-refractivity contribution is 8.00. The Balaban J connectivity index is 1.13. The van der Waals surface area contributed by atoms with Crippen LogP contribution in [0.25, 0.3) is 27.5 Å². The van der Waals surface area contributed by atoms with Gasteiger partial charge in [0.15, 0.2) is 0 Å². The van der Waals surface area contributed by atoms with E-state index in [0.717, 1.165) is 45.0 Å². The maximum atomic E-state index is 16.2. The first-order chi connectivity index (χ1) is 34.1. The fourth-order valence-electron chi connectivity index (χ4n) is 12.2. The van der Waals surface area contributed by atoms with Crippen LogP contribution in [0.5, 0.6) is 5.75 Å². The second-order valence-corrected chi connectivity index (χ2v) is 21.7. The van der Waals surface area contributed by atoms with Crippen LogP contribution in [0.4, 0.5) is 10.1 Å². The van der Waals surface area contributed by atoms with Crippen molar-refractivity contribution in [3.05, 3.63) is 274 Å². The first kappa shape index (κ1) is 42.7. The summed E-state index contributed by atoms with van der Waals surface area (Å²) in [6.45, 7) is 11.3. The molecule has 13 rings (SSSR count). The molecular formula is C65H53FN2OS. The van der Waals surface area contributed by atoms with Gasteiger partial charge in [-0.25, -0.2) is 4.39 Å². The average molecular weight is 929 g/mol. The molecule has 5 unspecified atom stereocenters. The van der Waals surface area contributed by atoms with Gasteiger partial charge in [0.05, 0.1) is 16.4 Å². The van der Waals surface area contributed by atoms with E-state index in [0.29, 0.717) is 0 Å². The first-order valence-electron chi connectivity index (χ1n) is 24.6. The molecule has 3 nitrogen and oxygen atoms in total. The van der Waals surface area contributed by atoms with Crippen molar-refractivity contribution in [1.29, 1.82) is 0 Å². The summed E-state index contributed by atoms with van der Waals surface area (Å²) >= 11 is 1.97. The van der Waals surface area contributed by atoms with E-state index in [-0.39, 0.29) is 34.4 Å². The molecule has 5 aliphatic rings. The maximum Gasteiger partial charge on any atom is 0.135 e. The normalized spacial score (nSPS) is 22.3. The molecule has 2 aliphatic heterocycles. The molecular weight excluding hydrogens is 876 g/mol. The van der Waals surface area contributed by atoms with E-state index in [1.165, 1.54) is 60.3 Å². The zero-order valence-electron chi connectivity index (χ0n) is 40.0. The number of halogens is 1. The number of allylic oxidation sites excluding steroid dienone is 9. The van der Waals surface area contributed by atoms with Gasteiger partial charge in [-0.2, -0.15) is 0 Å². The Kier molecular flexibility index (Phi) is 9.84. The molecule has 0 fully saturated rings. The smallest absolute Gasteiger partial charge is 0.135 e. The van der Waals surface area contributed by atoms with E-state index in [1.54, 1.807) is 12.1 Å². The van der Waals surface area contributed by atoms with Crippen LogP contribution in [0.3, 0.4) is 0 Å². The van der Waals surface area contributed by atoms with E-state index in [1.807, 2.05) is 17.8 Å². The first-order valence-corrected chi connectivity index (χ1v) is 25.5. The van der Waals surface area contributed by atoms with Crippen LogP contribution in [0, 0.1) is 11.2 Å². The Labute approximate surface area is 414 Å². The maximum absolute atomic E-state index is 16.2. The number of benzene rings is 7. The number of thioether (sulfide) groups is 1. The van der Waals surface area contributed by atoms with Crippen molar-refractivity contribution >= 4 is 39.3 Å². The number of para-hydroxylation sites is 3. The lowest BCUT2D eigenvalue weighted by atomic mass is 9.64. The van der Waals surface area contributed by atoms with E-state index in [4.69, 9.17) is 4.74 Å². The quantitative estimate of drug-likeness (QED) is 0.148. The summed E-state index contributed by atoms with van der Waals surface area (Å²) in [6.07, 6.45) is 11.6. The molecule has 0 spiro atoms. The number of rotatable bonds is 7. The van der Waals surface area contributed by atoms with Crippen molar-refractivity contribution in [3.63, 3.8) is 0 Å². The summed E-state index contributed by atoms with van der Waals surface area (Å²) in [5.74, 6) is 0.687. The summed E-state index contributed by atoms with van der Waals surface area (Å²) in [5.41, 5.74) is 16.6. The lowest BCUT2D eigenvalue weighted by molar-refractivity contribution is 0.256. The molecule has 5 heteroatoms. The van der Waals surface area contributed by atoms with Crippen LogP contribution in [-0.2, 0) is 5.41 Å². The van der Waals surface area contributed by atoms with E-state index >= 15 is 4.39 Å². The monoisotopic (exact) mass is 928 g/mol. The Morgan fingerprint density at radius 3 is 2.17 bits per heavy atom. The molecule has 0 saturated heterocycles. The molecule has 0 radical (unpaired) electrons. The minimum Gasteiger partial charge on any atom is -0.484 e. The SMILES string of the molecule is C/C(=C\C=C(/C)C(C)(C)C)N(C1=CC2=C(C3=C(C=CC4c5ccccc5OC34)C2(c2ccccc2)c2cccc(F)c2)C2Sc3ccccc3C12)c1ccc2c3ccccc3n(-c3ccccc3)c2c1. The van der Waals surface area contributed by atoms with Gasteiger partial charge in [-0.15, -0.1) is 11.8 Å². The van der Waals surface area contributed by atoms with E-state index in [9.17, 15) is 0 Å². The highest BCUT2D eigenvalue weighted by Crippen LogP contribution is 2.67. The molecule has 1 aromatic heterocycles. The molecule has 0 bridgehead atoms. The Morgan fingerprint density at radius 2 is 1.37 bits per heavy atom. The molecule has 3 heterocycles. The second-order valence-electron chi connectivity index (χ2n) is 20.5. The number of hydrogen-bond donors (Lipinski definition) is 0. The number of hydrogen-bond acceptors (Lipinski definition) is 3. The number of fused-ring (bicyclic) bond motifs is 12. The van der Waals surface area contributed by atoms with Crippen molar-refractivity contribution in [3.8, 4) is 11.4 Å². The minimum absolute atomic E-state index is 0.00469. The van der Waals surface area contributed by atoms with Crippen LogP contribution in [0.1, 0.15) is 68.7 Å². The predicted molar refractivity (Wildman–Crippen MR) is 288 cm³/mol. The predicted octanol–water partition coefficient (Wildman–Crippen LogP) is 16.5. The van der Waals surface area contributed by atoms with Crippen molar-refractivity contribution in [2.24, 2.45) is 5.41 Å². The van der Waals surface area contributed by atoms with Crippen molar-refractivity contribution in [1.82, 2.24) is 4.57 Å². The Bertz CT molecular complexity index is 3660. The summed E-state index contributed by atoms with van der Waals surface area (Å²) in [6, 6.07) is 62.3. The zero-order chi connectivity index (χ0) is 47.5. The highest BCUT2D eigenvalue weighted by atomic mass is 32.2. The van der Waals surface area contributed by atoms with Gasteiger partial charge in [0.1, 0.15) is 17.7 Å². The molecule has 0 saturated carbocycles. The number of ether oxygens (including phenoxy) is 1. The van der Waals surface area contributed by atoms with Gasteiger partial charge in [-0.1, -0.05) is 166 Å². The van der Waals surface area contributed by atoms with Crippen molar-refractivity contribution in [2.75, 3.05) is 4.90 Å². The van der Waals surface area contributed by atoms with Gasteiger partial charge in [0.25, 0.3) is 0 Å². The Hall–Kier alpha value is -7.34. The van der Waals surface area contributed by atoms with Crippen LogP contribution in [-0.4, -0.2) is 15.9 Å². The average Bonchev–Trinajstić information content (AvgIpc) is 4.13. The molecule has 0 N–H and O–H groups in total. The van der Waals surface area contributed by atoms with Gasteiger partial charge < -0.3 is 14.2 Å². The molecule has 70 heavy (non-hydrogen) atoms. The number of nitrogens with zero attached hydrogens (tertiary/aromatic N) is 2. The van der Waals surface area contributed by atoms with Gasteiger partial charge in [-0.05, 0) is 119 Å². The molecule has 3 aliphatic carbocycles. The summed E-state index contributed by atoms with van der Waals surface area (Å²) in [5, 5.41) is 2.41. The van der Waals surface area contributed by atoms with Crippen LogP contribution in [0.2, 0.25) is 0 Å². The topological polar surface area (TPSA) is 17.4 Å². The third kappa shape index (κ3) is 6.33. The lowest BCUT2D eigenvalue weighted by Crippen LogP contribution is -2.36. The third-order valence-corrected chi connectivity index (χ3v) is 17.1. The van der Waals surface area contributed by atoms with Gasteiger partial charge in [-0.3, -0.25) is 0 Å². The van der Waals surface area contributed by atoms with E-state index < -0.39 is 5.41 Å². The number of aromatic nitrogens is 1. The van der Waals surface area contributed by atoms with Crippen LogP contribution >= 0.6 is 11.8 Å². The molecule has 7 aromatic carbocycles. The molecule has 0 amide bonds. The largest absolute Gasteiger partial charge is 0.484 e. The van der Waals surface area contributed by atoms with E-state index in [2.05, 4.69) is 232 Å². The fourth-order valence-corrected chi connectivity index (χ4v) is 13.8. The van der Waals surface area contributed by atoms with Gasteiger partial charge in [0.2, 0.25) is 0 Å². The zero-order valence-corrected chi connectivity index (χ0v) is 40.8. The van der Waals surface area contributed by atoms with Crippen LogP contribution in [0.15, 0.2) is 250 Å². The molecule has 5 atom stereocenters. The lowest BCUT2D eigenvalue weighted by Gasteiger charge is -2.41. The number of anilines is 1. The second kappa shape index (κ2) is 16.1. The van der Waals surface area contributed by atoms with Crippen molar-refractivity contribution < 1.29 is 9.13 Å². The standard InChI is InChI=1S/C65H53FN2OS/c1-40(64(3,4)5)31-32-41(2)67(46-33-34-48-47-25-12-15-28-54(47)68(55(48)38-46)45-23-10-7-11-24-45)56-39-53-61(63-59(56)51-27-14-17-30-58(51)70-63)60-52(36-35-50-49-26-13-16-29-57(49)69-62(50)60)65(53,42-19-8-6-9-20-42)43-21-18-22-44(66)37-43/h6-39,50,59,62-63H,1-5H3/b40-31+,41-32+. The Morgan fingerprint density at radius 1 is 0.671 bits per heavy atom. The van der Waals surface area contributed by atoms with Crippen LogP contribution < -0.4 is 9.64 Å². The highest BCUT2D eigenvalue weighted by Gasteiger charge is 2.58. The summed E-state index contributed by atoms with van der Waals surface area (Å²) < 4.78 is 25.8. The van der Waals surface area contributed by atoms with Gasteiger partial charge in [0, 0.05) is 66.7 Å². The fraction of sp³-hybridized carbons (Fsp3) is 0.169. The molecule has 8 aromatic rings. The third-order valence-electron chi connectivity index (χ3n) is 15.8. The van der Waals surface area contributed by atoms with Gasteiger partial charge >= 0.3 is 0 Å². The minimum atomic E-state index is -0.866. The van der Waals surface area contributed by atoms with Crippen molar-refractivity contribution in [2.45, 2.75) is 68.1 Å². The summed E-state index contributed by atoms with van der Waals surface area (Å²) in [7, 11) is 0. The summed E-state index contributed by atoms with van der Waals surface area (Å²) in [4.78, 5) is 3.83. The molecule has 342 valence electrons.